The molecule has 3 rings (SSSR count). The third-order valence-electron chi connectivity index (χ3n) is 3.51. The van der Waals surface area contributed by atoms with Gasteiger partial charge in [0.15, 0.2) is 6.10 Å². The summed E-state index contributed by atoms with van der Waals surface area (Å²) in [4.78, 5) is 24.0. The zero-order chi connectivity index (χ0) is 16.2. The van der Waals surface area contributed by atoms with Crippen LogP contribution in [0.25, 0.3) is 0 Å². The van der Waals surface area contributed by atoms with Gasteiger partial charge >= 0.3 is 0 Å². The van der Waals surface area contributed by atoms with Crippen LogP contribution in [0, 0.1) is 0 Å². The minimum atomic E-state index is -0.615. The molecule has 1 unspecified atom stereocenters. The van der Waals surface area contributed by atoms with Crippen LogP contribution in [0.3, 0.4) is 0 Å². The first-order chi connectivity index (χ1) is 11.1. The summed E-state index contributed by atoms with van der Waals surface area (Å²) in [7, 11) is 0. The standard InChI is InChI=1S/C17H15ClN2O3/c18-12-7-5-11(6-8-12)16(21)19-10-9-15-17(22)20-13-3-1-2-4-14(13)23-15/h1-8,15H,9-10H2,(H,19,21)(H,20,22). The molecule has 6 heteroatoms. The summed E-state index contributed by atoms with van der Waals surface area (Å²) in [5.41, 5.74) is 1.19. The molecule has 23 heavy (non-hydrogen) atoms. The summed E-state index contributed by atoms with van der Waals surface area (Å²) in [6, 6.07) is 13.9. The van der Waals surface area contributed by atoms with Crippen LogP contribution >= 0.6 is 11.6 Å². The molecule has 0 bridgehead atoms. The minimum absolute atomic E-state index is 0.204. The van der Waals surface area contributed by atoms with E-state index in [-0.39, 0.29) is 11.8 Å². The van der Waals surface area contributed by atoms with Crippen molar-refractivity contribution in [1.82, 2.24) is 5.32 Å². The van der Waals surface area contributed by atoms with Crippen molar-refractivity contribution in [2.45, 2.75) is 12.5 Å². The smallest absolute Gasteiger partial charge is 0.265 e. The molecule has 2 N–H and O–H groups in total. The Morgan fingerprint density at radius 1 is 1.17 bits per heavy atom. The number of hydrogen-bond acceptors (Lipinski definition) is 3. The predicted octanol–water partition coefficient (Wildman–Crippen LogP) is 2.86. The number of carbonyl (C=O) groups excluding carboxylic acids is 2. The molecule has 2 amide bonds. The number of hydrogen-bond donors (Lipinski definition) is 2. The molecule has 0 spiro atoms. The average molecular weight is 331 g/mol. The largest absolute Gasteiger partial charge is 0.478 e. The molecule has 1 heterocycles. The highest BCUT2D eigenvalue weighted by Gasteiger charge is 2.26. The fourth-order valence-corrected chi connectivity index (χ4v) is 2.43. The Kier molecular flexibility index (Phi) is 4.48. The van der Waals surface area contributed by atoms with Crippen molar-refractivity contribution in [3.63, 3.8) is 0 Å². The number of fused-ring (bicyclic) bond motifs is 1. The van der Waals surface area contributed by atoms with Crippen LogP contribution in [0.15, 0.2) is 48.5 Å². The molecule has 1 aliphatic heterocycles. The maximum absolute atomic E-state index is 12.0. The summed E-state index contributed by atoms with van der Waals surface area (Å²) in [5.74, 6) is 0.226. The van der Waals surface area contributed by atoms with E-state index in [1.807, 2.05) is 12.1 Å². The zero-order valence-corrected chi connectivity index (χ0v) is 13.0. The van der Waals surface area contributed by atoms with Gasteiger partial charge in [0.1, 0.15) is 5.75 Å². The Labute approximate surface area is 138 Å². The highest BCUT2D eigenvalue weighted by Crippen LogP contribution is 2.29. The zero-order valence-electron chi connectivity index (χ0n) is 12.2. The van der Waals surface area contributed by atoms with E-state index < -0.39 is 6.10 Å². The molecule has 118 valence electrons. The van der Waals surface area contributed by atoms with Crippen LogP contribution in [0.2, 0.25) is 5.02 Å². The molecule has 2 aromatic carbocycles. The molecule has 5 nitrogen and oxygen atoms in total. The van der Waals surface area contributed by atoms with Gasteiger partial charge in [-0.05, 0) is 36.4 Å². The van der Waals surface area contributed by atoms with Crippen molar-refractivity contribution in [2.75, 3.05) is 11.9 Å². The third-order valence-corrected chi connectivity index (χ3v) is 3.76. The molecule has 2 aromatic rings. The maximum atomic E-state index is 12.0. The van der Waals surface area contributed by atoms with E-state index in [4.69, 9.17) is 16.3 Å². The number of benzene rings is 2. The number of nitrogens with one attached hydrogen (secondary N) is 2. The van der Waals surface area contributed by atoms with Gasteiger partial charge < -0.3 is 15.4 Å². The Morgan fingerprint density at radius 2 is 1.91 bits per heavy atom. The van der Waals surface area contributed by atoms with Gasteiger partial charge in [0.25, 0.3) is 11.8 Å². The third kappa shape index (κ3) is 3.63. The van der Waals surface area contributed by atoms with E-state index in [9.17, 15) is 9.59 Å². The first-order valence-electron chi connectivity index (χ1n) is 7.24. The summed E-state index contributed by atoms with van der Waals surface area (Å²) >= 11 is 5.79. The molecular formula is C17H15ClN2O3. The van der Waals surface area contributed by atoms with Crippen LogP contribution in [-0.4, -0.2) is 24.5 Å². The van der Waals surface area contributed by atoms with Gasteiger partial charge in [0, 0.05) is 23.6 Å². The van der Waals surface area contributed by atoms with Crippen LogP contribution in [0.1, 0.15) is 16.8 Å². The number of halogens is 1. The van der Waals surface area contributed by atoms with Crippen molar-refractivity contribution in [3.05, 3.63) is 59.1 Å². The van der Waals surface area contributed by atoms with Crippen LogP contribution < -0.4 is 15.4 Å². The Hall–Kier alpha value is -2.53. The van der Waals surface area contributed by atoms with Crippen molar-refractivity contribution in [3.8, 4) is 5.75 Å². The van der Waals surface area contributed by atoms with Crippen molar-refractivity contribution < 1.29 is 14.3 Å². The minimum Gasteiger partial charge on any atom is -0.478 e. The summed E-state index contributed by atoms with van der Waals surface area (Å²) in [6.45, 7) is 0.335. The van der Waals surface area contributed by atoms with Gasteiger partial charge in [-0.3, -0.25) is 9.59 Å². The maximum Gasteiger partial charge on any atom is 0.265 e. The predicted molar refractivity (Wildman–Crippen MR) is 87.9 cm³/mol. The highest BCUT2D eigenvalue weighted by atomic mass is 35.5. The molecule has 1 atom stereocenters. The van der Waals surface area contributed by atoms with E-state index in [1.165, 1.54) is 0 Å². The summed E-state index contributed by atoms with van der Waals surface area (Å²) in [6.07, 6.45) is -0.227. The van der Waals surface area contributed by atoms with Crippen molar-refractivity contribution in [2.24, 2.45) is 0 Å². The second kappa shape index (κ2) is 6.71. The number of anilines is 1. The number of amides is 2. The second-order valence-electron chi connectivity index (χ2n) is 5.14. The average Bonchev–Trinajstić information content (AvgIpc) is 2.56. The number of para-hydroxylation sites is 2. The number of ether oxygens (including phenoxy) is 1. The Bertz CT molecular complexity index is 731. The molecule has 0 aromatic heterocycles. The SMILES string of the molecule is O=C(NCCC1Oc2ccccc2NC1=O)c1ccc(Cl)cc1. The lowest BCUT2D eigenvalue weighted by Gasteiger charge is -2.25. The van der Waals surface area contributed by atoms with E-state index in [0.717, 1.165) is 0 Å². The molecule has 0 saturated heterocycles. The van der Waals surface area contributed by atoms with Gasteiger partial charge in [-0.2, -0.15) is 0 Å². The second-order valence-corrected chi connectivity index (χ2v) is 5.58. The molecule has 1 aliphatic rings. The quantitative estimate of drug-likeness (QED) is 0.905. The Morgan fingerprint density at radius 3 is 2.70 bits per heavy atom. The van der Waals surface area contributed by atoms with E-state index in [0.29, 0.717) is 35.0 Å². The molecule has 0 aliphatic carbocycles. The highest BCUT2D eigenvalue weighted by molar-refractivity contribution is 6.30. The summed E-state index contributed by atoms with van der Waals surface area (Å²) < 4.78 is 5.67. The lowest BCUT2D eigenvalue weighted by Crippen LogP contribution is -2.39. The fourth-order valence-electron chi connectivity index (χ4n) is 2.30. The van der Waals surface area contributed by atoms with Crippen molar-refractivity contribution in [1.29, 1.82) is 0 Å². The monoisotopic (exact) mass is 330 g/mol. The lowest BCUT2D eigenvalue weighted by molar-refractivity contribution is -0.123. The molecule has 0 saturated carbocycles. The van der Waals surface area contributed by atoms with Gasteiger partial charge in [0.2, 0.25) is 0 Å². The first-order valence-corrected chi connectivity index (χ1v) is 7.61. The van der Waals surface area contributed by atoms with Gasteiger partial charge in [0.05, 0.1) is 5.69 Å². The lowest BCUT2D eigenvalue weighted by atomic mass is 10.1. The van der Waals surface area contributed by atoms with E-state index in [2.05, 4.69) is 10.6 Å². The van der Waals surface area contributed by atoms with Crippen LogP contribution in [0.4, 0.5) is 5.69 Å². The van der Waals surface area contributed by atoms with Crippen LogP contribution in [0.5, 0.6) is 5.75 Å². The number of rotatable bonds is 4. The molecule has 0 radical (unpaired) electrons. The topological polar surface area (TPSA) is 67.4 Å². The van der Waals surface area contributed by atoms with Gasteiger partial charge in [-0.25, -0.2) is 0 Å². The van der Waals surface area contributed by atoms with Gasteiger partial charge in [-0.1, -0.05) is 23.7 Å². The number of carbonyl (C=O) groups is 2. The molecule has 0 fully saturated rings. The summed E-state index contributed by atoms with van der Waals surface area (Å²) in [5, 5.41) is 6.14. The van der Waals surface area contributed by atoms with E-state index in [1.54, 1.807) is 36.4 Å². The van der Waals surface area contributed by atoms with Gasteiger partial charge in [-0.15, -0.1) is 0 Å². The van der Waals surface area contributed by atoms with E-state index >= 15 is 0 Å². The normalized spacial score (nSPS) is 16.0. The van der Waals surface area contributed by atoms with Crippen molar-refractivity contribution >= 4 is 29.1 Å². The first kappa shape index (κ1) is 15.4. The van der Waals surface area contributed by atoms with Crippen LogP contribution in [-0.2, 0) is 4.79 Å². The molecular weight excluding hydrogens is 316 g/mol. The Balaban J connectivity index is 1.54. The fraction of sp³-hybridized carbons (Fsp3) is 0.176.